The molecule has 1 aromatic rings. The first-order chi connectivity index (χ1) is 8.43. The number of carbonyl (C=O) groups is 1. The van der Waals surface area contributed by atoms with Crippen LogP contribution in [-0.4, -0.2) is 38.4 Å². The highest BCUT2D eigenvalue weighted by Gasteiger charge is 2.18. The molecule has 1 rings (SSSR count). The molecule has 0 aliphatic carbocycles. The third kappa shape index (κ3) is 4.10. The van der Waals surface area contributed by atoms with Crippen molar-refractivity contribution in [3.05, 3.63) is 11.9 Å². The first-order valence-electron chi connectivity index (χ1n) is 6.32. The van der Waals surface area contributed by atoms with Crippen LogP contribution in [0.5, 0.6) is 0 Å². The van der Waals surface area contributed by atoms with Gasteiger partial charge in [-0.15, -0.1) is 5.10 Å². The third-order valence-corrected chi connectivity index (χ3v) is 2.60. The minimum atomic E-state index is 0.0622. The van der Waals surface area contributed by atoms with Crippen LogP contribution in [0.15, 0.2) is 6.20 Å². The molecule has 6 heteroatoms. The van der Waals surface area contributed by atoms with Crippen LogP contribution < -0.4 is 5.73 Å². The Kier molecular flexibility index (Phi) is 5.27. The molecule has 0 atom stereocenters. The van der Waals surface area contributed by atoms with E-state index in [-0.39, 0.29) is 18.5 Å². The molecule has 0 bridgehead atoms. The van der Waals surface area contributed by atoms with Gasteiger partial charge in [-0.3, -0.25) is 4.79 Å². The van der Waals surface area contributed by atoms with E-state index >= 15 is 0 Å². The van der Waals surface area contributed by atoms with Gasteiger partial charge in [0.2, 0.25) is 5.91 Å². The highest BCUT2D eigenvalue weighted by Crippen LogP contribution is 2.06. The Morgan fingerprint density at radius 1 is 1.44 bits per heavy atom. The van der Waals surface area contributed by atoms with Crippen LogP contribution in [0.2, 0.25) is 0 Å². The molecule has 0 unspecified atom stereocenters. The van der Waals surface area contributed by atoms with Gasteiger partial charge < -0.3 is 10.6 Å². The summed E-state index contributed by atoms with van der Waals surface area (Å²) in [5.41, 5.74) is 6.15. The van der Waals surface area contributed by atoms with Crippen LogP contribution >= 0.6 is 0 Å². The van der Waals surface area contributed by atoms with Crippen LogP contribution in [0.3, 0.4) is 0 Å². The van der Waals surface area contributed by atoms with E-state index in [9.17, 15) is 4.79 Å². The highest BCUT2D eigenvalue weighted by atomic mass is 16.2. The van der Waals surface area contributed by atoms with Crippen LogP contribution in [-0.2, 0) is 17.9 Å². The Labute approximate surface area is 108 Å². The van der Waals surface area contributed by atoms with E-state index < -0.39 is 0 Å². The number of amides is 1. The number of hydrogen-bond acceptors (Lipinski definition) is 4. The summed E-state index contributed by atoms with van der Waals surface area (Å²) in [6.07, 6.45) is 1.71. The Balaban J connectivity index is 2.66. The number of carbonyl (C=O) groups excluding carboxylic acids is 1. The molecule has 0 saturated carbocycles. The molecule has 0 radical (unpaired) electrons. The van der Waals surface area contributed by atoms with Crippen molar-refractivity contribution in [2.75, 3.05) is 6.54 Å². The lowest BCUT2D eigenvalue weighted by atomic mass is 10.2. The van der Waals surface area contributed by atoms with Gasteiger partial charge in [-0.05, 0) is 19.8 Å². The third-order valence-electron chi connectivity index (χ3n) is 2.60. The van der Waals surface area contributed by atoms with Gasteiger partial charge in [0.25, 0.3) is 0 Å². The van der Waals surface area contributed by atoms with Gasteiger partial charge in [-0.25, -0.2) is 4.68 Å². The second kappa shape index (κ2) is 6.49. The maximum Gasteiger partial charge on any atom is 0.244 e. The summed E-state index contributed by atoms with van der Waals surface area (Å²) in [6, 6.07) is 0.192. The molecule has 0 aliphatic heterocycles. The van der Waals surface area contributed by atoms with Crippen molar-refractivity contribution in [1.29, 1.82) is 0 Å². The van der Waals surface area contributed by atoms with Crippen LogP contribution in [0.1, 0.15) is 33.4 Å². The standard InChI is InChI=1S/C12H23N5O/c1-9(2)6-17(10(3)4)12(18)8-16-7-11(5-13)14-15-16/h7,9-10H,5-6,8,13H2,1-4H3. The summed E-state index contributed by atoms with van der Waals surface area (Å²) in [5, 5.41) is 7.76. The van der Waals surface area contributed by atoms with Gasteiger partial charge in [0.1, 0.15) is 6.54 Å². The molecule has 1 aromatic heterocycles. The van der Waals surface area contributed by atoms with E-state index in [1.165, 1.54) is 0 Å². The number of aromatic nitrogens is 3. The predicted molar refractivity (Wildman–Crippen MR) is 69.6 cm³/mol. The normalized spacial score (nSPS) is 11.3. The van der Waals surface area contributed by atoms with Gasteiger partial charge in [0, 0.05) is 19.1 Å². The molecule has 18 heavy (non-hydrogen) atoms. The first kappa shape index (κ1) is 14.6. The van der Waals surface area contributed by atoms with Gasteiger partial charge in [0.05, 0.1) is 11.9 Å². The average molecular weight is 253 g/mol. The molecular weight excluding hydrogens is 230 g/mol. The zero-order chi connectivity index (χ0) is 13.7. The van der Waals surface area contributed by atoms with Gasteiger partial charge in [-0.1, -0.05) is 19.1 Å². The summed E-state index contributed by atoms with van der Waals surface area (Å²) in [7, 11) is 0. The Morgan fingerprint density at radius 2 is 2.11 bits per heavy atom. The number of nitrogens with two attached hydrogens (primary N) is 1. The SMILES string of the molecule is CC(C)CN(C(=O)Cn1cc(CN)nn1)C(C)C. The minimum absolute atomic E-state index is 0.0622. The molecule has 0 fully saturated rings. The zero-order valence-corrected chi connectivity index (χ0v) is 11.6. The summed E-state index contributed by atoms with van der Waals surface area (Å²) in [5.74, 6) is 0.513. The quantitative estimate of drug-likeness (QED) is 0.806. The largest absolute Gasteiger partial charge is 0.338 e. The molecule has 102 valence electrons. The van der Waals surface area contributed by atoms with E-state index in [1.54, 1.807) is 10.9 Å². The van der Waals surface area contributed by atoms with Crippen LogP contribution in [0, 0.1) is 5.92 Å². The molecule has 0 saturated heterocycles. The molecule has 1 amide bonds. The molecule has 0 spiro atoms. The lowest BCUT2D eigenvalue weighted by molar-refractivity contribution is -0.134. The number of nitrogens with zero attached hydrogens (tertiary/aromatic N) is 4. The van der Waals surface area contributed by atoms with Gasteiger partial charge in [-0.2, -0.15) is 0 Å². The topological polar surface area (TPSA) is 77.0 Å². The fraction of sp³-hybridized carbons (Fsp3) is 0.750. The second-order valence-corrected chi connectivity index (χ2v) is 5.15. The van der Waals surface area contributed by atoms with Crippen molar-refractivity contribution in [3.8, 4) is 0 Å². The smallest absolute Gasteiger partial charge is 0.244 e. The molecule has 0 aliphatic rings. The maximum absolute atomic E-state index is 12.2. The Bertz CT molecular complexity index is 386. The van der Waals surface area contributed by atoms with Crippen LogP contribution in [0.4, 0.5) is 0 Å². The first-order valence-corrected chi connectivity index (χ1v) is 6.32. The van der Waals surface area contributed by atoms with Crippen molar-refractivity contribution in [2.45, 2.75) is 46.8 Å². The zero-order valence-electron chi connectivity index (χ0n) is 11.6. The summed E-state index contributed by atoms with van der Waals surface area (Å²) >= 11 is 0. The molecule has 2 N–H and O–H groups in total. The summed E-state index contributed by atoms with van der Waals surface area (Å²) in [6.45, 7) is 9.57. The molecule has 1 heterocycles. The van der Waals surface area contributed by atoms with Crippen LogP contribution in [0.25, 0.3) is 0 Å². The average Bonchev–Trinajstić information content (AvgIpc) is 2.72. The van der Waals surface area contributed by atoms with E-state index in [1.807, 2.05) is 18.7 Å². The van der Waals surface area contributed by atoms with Crippen molar-refractivity contribution in [3.63, 3.8) is 0 Å². The van der Waals surface area contributed by atoms with Crippen molar-refractivity contribution in [2.24, 2.45) is 11.7 Å². The lowest BCUT2D eigenvalue weighted by Crippen LogP contribution is -2.41. The monoisotopic (exact) mass is 253 g/mol. The summed E-state index contributed by atoms with van der Waals surface area (Å²) < 4.78 is 1.54. The number of hydrogen-bond donors (Lipinski definition) is 1. The Hall–Kier alpha value is -1.43. The Morgan fingerprint density at radius 3 is 2.56 bits per heavy atom. The van der Waals surface area contributed by atoms with Gasteiger partial charge in [0.15, 0.2) is 0 Å². The number of rotatable bonds is 6. The fourth-order valence-corrected chi connectivity index (χ4v) is 1.73. The van der Waals surface area contributed by atoms with E-state index in [4.69, 9.17) is 5.73 Å². The predicted octanol–water partition coefficient (Wildman–Crippen LogP) is 0.630. The van der Waals surface area contributed by atoms with Crippen molar-refractivity contribution in [1.82, 2.24) is 19.9 Å². The minimum Gasteiger partial charge on any atom is -0.338 e. The maximum atomic E-state index is 12.2. The van der Waals surface area contributed by atoms with Crippen molar-refractivity contribution >= 4 is 5.91 Å². The highest BCUT2D eigenvalue weighted by molar-refractivity contribution is 5.76. The molecule has 6 nitrogen and oxygen atoms in total. The lowest BCUT2D eigenvalue weighted by Gasteiger charge is -2.28. The molecular formula is C12H23N5O. The van der Waals surface area contributed by atoms with E-state index in [0.29, 0.717) is 18.2 Å². The second-order valence-electron chi connectivity index (χ2n) is 5.15. The van der Waals surface area contributed by atoms with Gasteiger partial charge >= 0.3 is 0 Å². The molecule has 0 aromatic carbocycles. The van der Waals surface area contributed by atoms with E-state index in [0.717, 1.165) is 6.54 Å². The fourth-order valence-electron chi connectivity index (χ4n) is 1.73. The van der Waals surface area contributed by atoms with E-state index in [2.05, 4.69) is 24.2 Å². The summed E-state index contributed by atoms with van der Waals surface area (Å²) in [4.78, 5) is 14.1. The van der Waals surface area contributed by atoms with Crippen molar-refractivity contribution < 1.29 is 4.79 Å².